The van der Waals surface area contributed by atoms with Crippen molar-refractivity contribution in [3.63, 3.8) is 0 Å². The van der Waals surface area contributed by atoms with Crippen LogP contribution in [-0.4, -0.2) is 11.4 Å². The summed E-state index contributed by atoms with van der Waals surface area (Å²) in [7, 11) is 0. The molecular formula is C9H8OS3. The molecule has 0 aliphatic carbocycles. The molecule has 0 spiro atoms. The van der Waals surface area contributed by atoms with Crippen molar-refractivity contribution in [3.05, 3.63) is 17.5 Å². The average molecular weight is 228 g/mol. The lowest BCUT2D eigenvalue weighted by molar-refractivity contribution is 0.479. The fourth-order valence-corrected chi connectivity index (χ4v) is 3.12. The van der Waals surface area contributed by atoms with Gasteiger partial charge in [-0.25, -0.2) is 0 Å². The molecule has 68 valence electrons. The summed E-state index contributed by atoms with van der Waals surface area (Å²) in [5, 5.41) is 12.5. The quantitative estimate of drug-likeness (QED) is 0.574. The van der Waals surface area contributed by atoms with Crippen molar-refractivity contribution in [2.24, 2.45) is 0 Å². The summed E-state index contributed by atoms with van der Waals surface area (Å²) >= 11 is 7.52. The zero-order chi connectivity index (χ0) is 9.42. The second-order valence-electron chi connectivity index (χ2n) is 2.64. The smallest absolute Gasteiger partial charge is 0.126 e. The second-order valence-corrected chi connectivity index (χ2v) is 4.91. The number of phenolic OH excluding ortho intramolecular Hbond substituents is 1. The fraction of sp³-hybridized carbons (Fsp3) is 0.111. The van der Waals surface area contributed by atoms with Crippen LogP contribution in [0, 0.1) is 0 Å². The lowest BCUT2D eigenvalue weighted by Gasteiger charge is -2.00. The first-order valence-corrected chi connectivity index (χ1v) is 6.24. The number of thioether (sulfide) groups is 1. The first-order chi connectivity index (χ1) is 6.22. The standard InChI is InChI=1S/C9H8OS3/c1-12-5-2-6(10)9-7(11)4-13-8(9)3-5/h2-4,10-11H,1H3. The highest BCUT2D eigenvalue weighted by Crippen LogP contribution is 2.38. The van der Waals surface area contributed by atoms with Crippen LogP contribution in [0.25, 0.3) is 10.1 Å². The molecule has 0 saturated carbocycles. The van der Waals surface area contributed by atoms with E-state index in [9.17, 15) is 5.11 Å². The summed E-state index contributed by atoms with van der Waals surface area (Å²) in [5.41, 5.74) is 0. The molecule has 0 fully saturated rings. The largest absolute Gasteiger partial charge is 0.507 e. The molecule has 4 heteroatoms. The molecule has 1 aromatic heterocycles. The molecule has 2 rings (SSSR count). The molecule has 1 N–H and O–H groups in total. The summed E-state index contributed by atoms with van der Waals surface area (Å²) in [6, 6.07) is 3.85. The molecule has 0 radical (unpaired) electrons. The molecular weight excluding hydrogens is 220 g/mol. The lowest BCUT2D eigenvalue weighted by Crippen LogP contribution is -1.72. The molecule has 1 heterocycles. The fourth-order valence-electron chi connectivity index (χ4n) is 1.22. The number of thiophene rings is 1. The zero-order valence-electron chi connectivity index (χ0n) is 6.94. The van der Waals surface area contributed by atoms with Crippen LogP contribution in [0.3, 0.4) is 0 Å². The third kappa shape index (κ3) is 1.54. The van der Waals surface area contributed by atoms with Crippen molar-refractivity contribution in [1.29, 1.82) is 0 Å². The topological polar surface area (TPSA) is 20.2 Å². The van der Waals surface area contributed by atoms with Crippen LogP contribution < -0.4 is 0 Å². The van der Waals surface area contributed by atoms with Crippen LogP contribution in [0.1, 0.15) is 0 Å². The minimum Gasteiger partial charge on any atom is -0.507 e. The van der Waals surface area contributed by atoms with Crippen LogP contribution in [-0.2, 0) is 0 Å². The minimum absolute atomic E-state index is 0.327. The highest BCUT2D eigenvalue weighted by Gasteiger charge is 2.07. The molecule has 0 atom stereocenters. The Morgan fingerprint density at radius 1 is 1.46 bits per heavy atom. The highest BCUT2D eigenvalue weighted by molar-refractivity contribution is 7.98. The van der Waals surface area contributed by atoms with E-state index in [2.05, 4.69) is 18.7 Å². The molecule has 0 unspecified atom stereocenters. The van der Waals surface area contributed by atoms with Crippen molar-refractivity contribution in [1.82, 2.24) is 0 Å². The van der Waals surface area contributed by atoms with Crippen LogP contribution in [0.5, 0.6) is 5.75 Å². The third-order valence-electron chi connectivity index (χ3n) is 1.84. The van der Waals surface area contributed by atoms with Gasteiger partial charge < -0.3 is 5.11 Å². The monoisotopic (exact) mass is 228 g/mol. The number of thiol groups is 1. The van der Waals surface area contributed by atoms with Gasteiger partial charge in [0.15, 0.2) is 0 Å². The molecule has 0 amide bonds. The summed E-state index contributed by atoms with van der Waals surface area (Å²) in [6.07, 6.45) is 2.00. The Kier molecular flexibility index (Phi) is 2.45. The highest BCUT2D eigenvalue weighted by atomic mass is 32.2. The van der Waals surface area contributed by atoms with Gasteiger partial charge in [-0.1, -0.05) is 0 Å². The predicted octanol–water partition coefficient (Wildman–Crippen LogP) is 3.62. The van der Waals surface area contributed by atoms with Gasteiger partial charge in [-0.15, -0.1) is 35.7 Å². The lowest BCUT2D eigenvalue weighted by atomic mass is 10.2. The van der Waals surface area contributed by atoms with Gasteiger partial charge in [0.1, 0.15) is 5.75 Å². The molecule has 0 bridgehead atoms. The van der Waals surface area contributed by atoms with E-state index in [-0.39, 0.29) is 0 Å². The van der Waals surface area contributed by atoms with E-state index < -0.39 is 0 Å². The predicted molar refractivity (Wildman–Crippen MR) is 62.5 cm³/mol. The normalized spacial score (nSPS) is 10.9. The van der Waals surface area contributed by atoms with E-state index in [4.69, 9.17) is 0 Å². The first kappa shape index (κ1) is 9.24. The number of fused-ring (bicyclic) bond motifs is 1. The Morgan fingerprint density at radius 2 is 2.23 bits per heavy atom. The van der Waals surface area contributed by atoms with Gasteiger partial charge in [0.05, 0.1) is 0 Å². The van der Waals surface area contributed by atoms with Crippen molar-refractivity contribution in [2.75, 3.05) is 6.26 Å². The Labute approximate surface area is 90.2 Å². The Balaban J connectivity index is 2.79. The van der Waals surface area contributed by atoms with E-state index in [0.29, 0.717) is 5.75 Å². The van der Waals surface area contributed by atoms with Crippen molar-refractivity contribution >= 4 is 45.8 Å². The van der Waals surface area contributed by atoms with Crippen molar-refractivity contribution in [2.45, 2.75) is 9.79 Å². The molecule has 1 aromatic carbocycles. The molecule has 2 aromatic rings. The summed E-state index contributed by atoms with van der Waals surface area (Å²) in [6.45, 7) is 0. The van der Waals surface area contributed by atoms with Gasteiger partial charge in [0, 0.05) is 25.3 Å². The Hall–Kier alpha value is -0.320. The SMILES string of the molecule is CSc1cc(O)c2c(S)csc2c1. The third-order valence-corrected chi connectivity index (χ3v) is 4.01. The second kappa shape index (κ2) is 3.44. The van der Waals surface area contributed by atoms with Crippen LogP contribution in [0.2, 0.25) is 0 Å². The minimum atomic E-state index is 0.327. The van der Waals surface area contributed by atoms with Gasteiger partial charge >= 0.3 is 0 Å². The summed E-state index contributed by atoms with van der Waals surface area (Å²) < 4.78 is 1.09. The number of hydrogen-bond acceptors (Lipinski definition) is 4. The average Bonchev–Trinajstić information content (AvgIpc) is 2.48. The molecule has 0 saturated heterocycles. The van der Waals surface area contributed by atoms with Crippen LogP contribution in [0.15, 0.2) is 27.3 Å². The van der Waals surface area contributed by atoms with Crippen LogP contribution >= 0.6 is 35.7 Å². The van der Waals surface area contributed by atoms with E-state index in [1.54, 1.807) is 29.2 Å². The van der Waals surface area contributed by atoms with Gasteiger partial charge in [0.2, 0.25) is 0 Å². The maximum absolute atomic E-state index is 9.70. The number of benzene rings is 1. The van der Waals surface area contributed by atoms with E-state index in [1.165, 1.54) is 0 Å². The molecule has 1 nitrogen and oxygen atoms in total. The van der Waals surface area contributed by atoms with E-state index in [1.807, 2.05) is 11.6 Å². The summed E-state index contributed by atoms with van der Waals surface area (Å²) in [5.74, 6) is 0.327. The van der Waals surface area contributed by atoms with Gasteiger partial charge in [-0.2, -0.15) is 0 Å². The zero-order valence-corrected chi connectivity index (χ0v) is 9.47. The molecule has 0 aliphatic rings. The Bertz CT molecular complexity index is 447. The van der Waals surface area contributed by atoms with Crippen molar-refractivity contribution < 1.29 is 5.11 Å². The number of hydrogen-bond donors (Lipinski definition) is 2. The van der Waals surface area contributed by atoms with Gasteiger partial charge in [-0.05, 0) is 18.4 Å². The maximum atomic E-state index is 9.70. The molecule has 13 heavy (non-hydrogen) atoms. The molecule has 0 aliphatic heterocycles. The number of aromatic hydroxyl groups is 1. The van der Waals surface area contributed by atoms with Crippen molar-refractivity contribution in [3.8, 4) is 5.75 Å². The van der Waals surface area contributed by atoms with E-state index >= 15 is 0 Å². The number of phenols is 1. The maximum Gasteiger partial charge on any atom is 0.126 e. The van der Waals surface area contributed by atoms with Gasteiger partial charge in [-0.3, -0.25) is 0 Å². The Morgan fingerprint density at radius 3 is 2.92 bits per heavy atom. The first-order valence-electron chi connectivity index (χ1n) is 3.69. The number of rotatable bonds is 1. The summed E-state index contributed by atoms with van der Waals surface area (Å²) in [4.78, 5) is 1.94. The van der Waals surface area contributed by atoms with Gasteiger partial charge in [0.25, 0.3) is 0 Å². The van der Waals surface area contributed by atoms with E-state index in [0.717, 1.165) is 19.9 Å². The van der Waals surface area contributed by atoms with Crippen LogP contribution in [0.4, 0.5) is 0 Å².